The van der Waals surface area contributed by atoms with Crippen LogP contribution < -0.4 is 0 Å². The number of aliphatic hydroxyl groups excluding tert-OH is 1. The number of carbonyl (C=O) groups is 2. The van der Waals surface area contributed by atoms with Crippen molar-refractivity contribution < 1.29 is 24.2 Å². The average Bonchev–Trinajstić information content (AvgIpc) is 3.06. The van der Waals surface area contributed by atoms with Crippen LogP contribution in [0.15, 0.2) is 12.2 Å². The minimum atomic E-state index is -0.768. The first-order chi connectivity index (χ1) is 22.6. The number of aliphatic hydroxyl groups is 1. The van der Waals surface area contributed by atoms with E-state index >= 15 is 0 Å². The first kappa shape index (κ1) is 44.6. The van der Waals surface area contributed by atoms with Crippen LogP contribution in [0.3, 0.4) is 0 Å². The Kier molecular flexibility index (Phi) is 37.0. The van der Waals surface area contributed by atoms with Crippen molar-refractivity contribution in [1.82, 2.24) is 0 Å². The maximum Gasteiger partial charge on any atom is 0.306 e. The molecule has 0 aromatic rings. The molecule has 1 N–H and O–H groups in total. The van der Waals surface area contributed by atoms with E-state index < -0.39 is 6.10 Å². The monoisotopic (exact) mass is 651 g/mol. The van der Waals surface area contributed by atoms with Gasteiger partial charge in [0.1, 0.15) is 6.61 Å². The fraction of sp³-hybridized carbons (Fsp3) is 0.902. The van der Waals surface area contributed by atoms with Crippen LogP contribution in [0.2, 0.25) is 0 Å². The summed E-state index contributed by atoms with van der Waals surface area (Å²) < 4.78 is 10.6. The summed E-state index contributed by atoms with van der Waals surface area (Å²) >= 11 is 0. The molecule has 0 radical (unpaired) electrons. The molecule has 0 fully saturated rings. The molecule has 0 heterocycles. The quantitative estimate of drug-likeness (QED) is 0.0411. The molecule has 272 valence electrons. The first-order valence-electron chi connectivity index (χ1n) is 20.2. The molecule has 5 heteroatoms. The van der Waals surface area contributed by atoms with Crippen LogP contribution >= 0.6 is 0 Å². The zero-order valence-electron chi connectivity index (χ0n) is 30.9. The molecule has 1 unspecified atom stereocenters. The largest absolute Gasteiger partial charge is 0.462 e. The van der Waals surface area contributed by atoms with Crippen molar-refractivity contribution in [3.05, 3.63) is 12.2 Å². The van der Waals surface area contributed by atoms with Gasteiger partial charge in [0.2, 0.25) is 0 Å². The molecule has 0 saturated heterocycles. The minimum absolute atomic E-state index is 0.0631. The fourth-order valence-electron chi connectivity index (χ4n) is 5.96. The van der Waals surface area contributed by atoms with Gasteiger partial charge in [0.05, 0.1) is 6.61 Å². The van der Waals surface area contributed by atoms with E-state index in [9.17, 15) is 14.7 Å². The topological polar surface area (TPSA) is 72.8 Å². The lowest BCUT2D eigenvalue weighted by Crippen LogP contribution is -2.28. The zero-order chi connectivity index (χ0) is 33.6. The van der Waals surface area contributed by atoms with Crippen LogP contribution in [-0.4, -0.2) is 36.4 Å². The summed E-state index contributed by atoms with van der Waals surface area (Å²) in [6, 6.07) is 0. The van der Waals surface area contributed by atoms with E-state index in [1.54, 1.807) is 0 Å². The number of unbranched alkanes of at least 4 members (excludes halogenated alkanes) is 27. The van der Waals surface area contributed by atoms with Crippen molar-refractivity contribution in [2.45, 2.75) is 225 Å². The average molecular weight is 651 g/mol. The third kappa shape index (κ3) is 35.5. The first-order valence-corrected chi connectivity index (χ1v) is 20.2. The Labute approximate surface area is 286 Å². The summed E-state index contributed by atoms with van der Waals surface area (Å²) in [5, 5.41) is 9.55. The summed E-state index contributed by atoms with van der Waals surface area (Å²) in [6.45, 7) is 4.14. The van der Waals surface area contributed by atoms with Gasteiger partial charge in [-0.1, -0.05) is 180 Å². The van der Waals surface area contributed by atoms with Gasteiger partial charge in [-0.3, -0.25) is 9.59 Å². The number of hydrogen-bond acceptors (Lipinski definition) is 5. The van der Waals surface area contributed by atoms with E-state index in [1.807, 2.05) is 0 Å². The van der Waals surface area contributed by atoms with Crippen LogP contribution in [0.5, 0.6) is 0 Å². The van der Waals surface area contributed by atoms with E-state index in [-0.39, 0.29) is 25.2 Å². The van der Waals surface area contributed by atoms with Crippen LogP contribution in [0, 0.1) is 0 Å². The molecule has 0 aromatic carbocycles. The second-order valence-corrected chi connectivity index (χ2v) is 13.7. The smallest absolute Gasteiger partial charge is 0.306 e. The molecule has 0 saturated carbocycles. The lowest BCUT2D eigenvalue weighted by Gasteiger charge is -2.15. The molecular weight excluding hydrogens is 572 g/mol. The molecule has 0 bridgehead atoms. The van der Waals surface area contributed by atoms with E-state index in [0.29, 0.717) is 12.8 Å². The Morgan fingerprint density at radius 3 is 1.17 bits per heavy atom. The van der Waals surface area contributed by atoms with Crippen molar-refractivity contribution >= 4 is 11.9 Å². The van der Waals surface area contributed by atoms with Gasteiger partial charge in [-0.05, 0) is 38.5 Å². The molecule has 1 atom stereocenters. The molecule has 46 heavy (non-hydrogen) atoms. The standard InChI is InChI=1S/C41H78O5/c1-3-5-7-9-11-13-15-17-19-20-21-22-24-25-27-29-31-33-35-40(43)45-38-39(37-42)46-41(44)36-34-32-30-28-26-23-18-16-14-12-10-8-6-4-2/h16,18,39,42H,3-15,17,19-38H2,1-2H3/b18-16-. The highest BCUT2D eigenvalue weighted by Gasteiger charge is 2.16. The number of esters is 2. The summed E-state index contributed by atoms with van der Waals surface area (Å²) in [7, 11) is 0. The number of rotatable bonds is 37. The Morgan fingerprint density at radius 2 is 0.804 bits per heavy atom. The summed E-state index contributed by atoms with van der Waals surface area (Å²) in [5.74, 6) is -0.590. The maximum atomic E-state index is 12.1. The van der Waals surface area contributed by atoms with Crippen LogP contribution in [-0.2, 0) is 19.1 Å². The lowest BCUT2D eigenvalue weighted by molar-refractivity contribution is -0.161. The minimum Gasteiger partial charge on any atom is -0.462 e. The maximum absolute atomic E-state index is 12.1. The third-order valence-electron chi connectivity index (χ3n) is 9.06. The number of ether oxygens (including phenoxy) is 2. The van der Waals surface area contributed by atoms with Crippen molar-refractivity contribution in [2.75, 3.05) is 13.2 Å². The van der Waals surface area contributed by atoms with Crippen molar-refractivity contribution in [2.24, 2.45) is 0 Å². The van der Waals surface area contributed by atoms with Crippen molar-refractivity contribution in [1.29, 1.82) is 0 Å². The van der Waals surface area contributed by atoms with Gasteiger partial charge in [0.15, 0.2) is 6.10 Å². The van der Waals surface area contributed by atoms with Gasteiger partial charge in [-0.25, -0.2) is 0 Å². The zero-order valence-corrected chi connectivity index (χ0v) is 30.9. The van der Waals surface area contributed by atoms with Gasteiger partial charge in [0, 0.05) is 12.8 Å². The SMILES string of the molecule is CCCCCCC/C=C\CCCCCCCC(=O)OC(CO)COC(=O)CCCCCCCCCCCCCCCCCCCC. The molecule has 5 nitrogen and oxygen atoms in total. The summed E-state index contributed by atoms with van der Waals surface area (Å²) in [5.41, 5.74) is 0. The molecular formula is C41H78O5. The number of allylic oxidation sites excluding steroid dienone is 2. The molecule has 0 amide bonds. The van der Waals surface area contributed by atoms with E-state index in [1.165, 1.54) is 154 Å². The molecule has 0 aliphatic heterocycles. The molecule has 0 rings (SSSR count). The highest BCUT2D eigenvalue weighted by Crippen LogP contribution is 2.15. The Hall–Kier alpha value is -1.36. The van der Waals surface area contributed by atoms with Crippen molar-refractivity contribution in [3.8, 4) is 0 Å². The van der Waals surface area contributed by atoms with Crippen LogP contribution in [0.25, 0.3) is 0 Å². The Morgan fingerprint density at radius 1 is 0.478 bits per heavy atom. The Bertz CT molecular complexity index is 661. The van der Waals surface area contributed by atoms with Crippen LogP contribution in [0.1, 0.15) is 219 Å². The highest BCUT2D eigenvalue weighted by molar-refractivity contribution is 5.70. The second kappa shape index (κ2) is 38.1. The van der Waals surface area contributed by atoms with Gasteiger partial charge in [-0.15, -0.1) is 0 Å². The highest BCUT2D eigenvalue weighted by atomic mass is 16.6. The molecule has 0 aromatic heterocycles. The van der Waals surface area contributed by atoms with Gasteiger partial charge in [-0.2, -0.15) is 0 Å². The van der Waals surface area contributed by atoms with Crippen LogP contribution in [0.4, 0.5) is 0 Å². The summed E-state index contributed by atoms with van der Waals surface area (Å²) in [6.07, 6.45) is 42.7. The van der Waals surface area contributed by atoms with E-state index in [2.05, 4.69) is 26.0 Å². The fourth-order valence-corrected chi connectivity index (χ4v) is 5.96. The number of hydrogen-bond donors (Lipinski definition) is 1. The predicted octanol–water partition coefficient (Wildman–Crippen LogP) is 12.5. The van der Waals surface area contributed by atoms with Gasteiger partial charge < -0.3 is 14.6 Å². The normalized spacial score (nSPS) is 12.2. The van der Waals surface area contributed by atoms with E-state index in [4.69, 9.17) is 9.47 Å². The summed E-state index contributed by atoms with van der Waals surface area (Å²) in [4.78, 5) is 24.2. The van der Waals surface area contributed by atoms with E-state index in [0.717, 1.165) is 38.5 Å². The van der Waals surface area contributed by atoms with Gasteiger partial charge >= 0.3 is 11.9 Å². The number of carbonyl (C=O) groups excluding carboxylic acids is 2. The lowest BCUT2D eigenvalue weighted by atomic mass is 10.0. The van der Waals surface area contributed by atoms with Crippen molar-refractivity contribution in [3.63, 3.8) is 0 Å². The van der Waals surface area contributed by atoms with Gasteiger partial charge in [0.25, 0.3) is 0 Å². The predicted molar refractivity (Wildman–Crippen MR) is 196 cm³/mol. The Balaban J connectivity index is 3.50. The second-order valence-electron chi connectivity index (χ2n) is 13.7. The molecule has 0 aliphatic carbocycles. The molecule has 0 aliphatic rings. The third-order valence-corrected chi connectivity index (χ3v) is 9.06. The molecule has 0 spiro atoms.